The number of piperidine rings is 1. The number of alkyl halides is 1. The highest BCUT2D eigenvalue weighted by molar-refractivity contribution is 6.30. The molecule has 0 saturated carbocycles. The van der Waals surface area contributed by atoms with E-state index in [1.807, 2.05) is 36.1 Å². The van der Waals surface area contributed by atoms with E-state index in [1.54, 1.807) is 0 Å². The van der Waals surface area contributed by atoms with Gasteiger partial charge < -0.3 is 4.90 Å². The van der Waals surface area contributed by atoms with Gasteiger partial charge in [-0.15, -0.1) is 11.6 Å². The molecule has 2 nitrogen and oxygen atoms in total. The Bertz CT molecular complexity index is 440. The molecule has 1 aliphatic rings. The van der Waals surface area contributed by atoms with Gasteiger partial charge in [0.2, 0.25) is 5.91 Å². The number of carbonyl (C=O) groups excluding carboxylic acids is 1. The summed E-state index contributed by atoms with van der Waals surface area (Å²) in [6, 6.07) is 7.50. The molecule has 1 atom stereocenters. The minimum atomic E-state index is 0.183. The third kappa shape index (κ3) is 4.12. The van der Waals surface area contributed by atoms with E-state index in [-0.39, 0.29) is 11.3 Å². The Hall–Kier alpha value is -0.730. The quantitative estimate of drug-likeness (QED) is 0.779. The molecule has 1 amide bonds. The van der Waals surface area contributed by atoms with Crippen LogP contribution in [0.25, 0.3) is 0 Å². The van der Waals surface area contributed by atoms with E-state index >= 15 is 0 Å². The van der Waals surface area contributed by atoms with Gasteiger partial charge in [0, 0.05) is 23.5 Å². The lowest BCUT2D eigenvalue weighted by Gasteiger charge is -2.33. The van der Waals surface area contributed by atoms with Crippen molar-refractivity contribution in [2.75, 3.05) is 13.1 Å². The summed E-state index contributed by atoms with van der Waals surface area (Å²) in [4.78, 5) is 14.1. The first-order chi connectivity index (χ1) is 9.06. The third-order valence-corrected chi connectivity index (χ3v) is 4.38. The van der Waals surface area contributed by atoms with Crippen molar-refractivity contribution < 1.29 is 4.79 Å². The largest absolute Gasteiger partial charge is 0.342 e. The van der Waals surface area contributed by atoms with Gasteiger partial charge in [-0.2, -0.15) is 0 Å². The molecular weight excluding hydrogens is 281 g/mol. The van der Waals surface area contributed by atoms with Crippen molar-refractivity contribution in [1.82, 2.24) is 4.90 Å². The van der Waals surface area contributed by atoms with Crippen LogP contribution in [0.1, 0.15) is 25.3 Å². The lowest BCUT2D eigenvalue weighted by atomic mass is 9.93. The summed E-state index contributed by atoms with van der Waals surface area (Å²) < 4.78 is 0. The number of likely N-dealkylation sites (tertiary alicyclic amines) is 1. The van der Waals surface area contributed by atoms with Crippen molar-refractivity contribution in [1.29, 1.82) is 0 Å². The van der Waals surface area contributed by atoms with Gasteiger partial charge in [-0.1, -0.05) is 23.7 Å². The van der Waals surface area contributed by atoms with Gasteiger partial charge in [-0.3, -0.25) is 4.79 Å². The van der Waals surface area contributed by atoms with E-state index in [1.165, 1.54) is 0 Å². The first kappa shape index (κ1) is 14.7. The van der Waals surface area contributed by atoms with Crippen LogP contribution in [0.5, 0.6) is 0 Å². The third-order valence-electron chi connectivity index (χ3n) is 3.79. The van der Waals surface area contributed by atoms with Gasteiger partial charge in [0.05, 0.1) is 6.42 Å². The molecule has 0 N–H and O–H groups in total. The van der Waals surface area contributed by atoms with Crippen LogP contribution >= 0.6 is 23.2 Å². The number of rotatable bonds is 3. The second-order valence-corrected chi connectivity index (χ2v) is 6.33. The van der Waals surface area contributed by atoms with Gasteiger partial charge in [-0.25, -0.2) is 0 Å². The van der Waals surface area contributed by atoms with E-state index in [2.05, 4.69) is 0 Å². The molecule has 1 fully saturated rings. The molecule has 0 aliphatic carbocycles. The fourth-order valence-electron chi connectivity index (χ4n) is 2.54. The molecule has 1 aromatic carbocycles. The Morgan fingerprint density at radius 1 is 1.42 bits per heavy atom. The smallest absolute Gasteiger partial charge is 0.226 e. The lowest BCUT2D eigenvalue weighted by Crippen LogP contribution is -2.40. The normalized spacial score (nSPS) is 18.4. The molecule has 0 spiro atoms. The predicted molar refractivity (Wildman–Crippen MR) is 79.8 cm³/mol. The Labute approximate surface area is 124 Å². The SMILES string of the molecule is CC(Cl)C1CCN(C(=O)Cc2cccc(Cl)c2)CC1. The number of benzene rings is 1. The highest BCUT2D eigenvalue weighted by atomic mass is 35.5. The number of carbonyl (C=O) groups is 1. The molecule has 2 rings (SSSR count). The number of hydrogen-bond donors (Lipinski definition) is 0. The average Bonchev–Trinajstić information content (AvgIpc) is 2.39. The van der Waals surface area contributed by atoms with Gasteiger partial charge >= 0.3 is 0 Å². The molecule has 1 unspecified atom stereocenters. The molecule has 4 heteroatoms. The van der Waals surface area contributed by atoms with Crippen LogP contribution < -0.4 is 0 Å². The minimum absolute atomic E-state index is 0.183. The van der Waals surface area contributed by atoms with Crippen LogP contribution in [0.15, 0.2) is 24.3 Å². The summed E-state index contributed by atoms with van der Waals surface area (Å²) in [5, 5.41) is 0.880. The Morgan fingerprint density at radius 2 is 2.11 bits per heavy atom. The second kappa shape index (κ2) is 6.62. The lowest BCUT2D eigenvalue weighted by molar-refractivity contribution is -0.131. The second-order valence-electron chi connectivity index (χ2n) is 5.20. The summed E-state index contributed by atoms with van der Waals surface area (Å²) in [6.45, 7) is 3.68. The highest BCUT2D eigenvalue weighted by Crippen LogP contribution is 2.24. The molecule has 1 aromatic rings. The topological polar surface area (TPSA) is 20.3 Å². The van der Waals surface area contributed by atoms with Crippen molar-refractivity contribution in [3.05, 3.63) is 34.9 Å². The maximum atomic E-state index is 12.2. The first-order valence-corrected chi connectivity index (χ1v) is 7.54. The average molecular weight is 300 g/mol. The molecule has 1 heterocycles. The Kier molecular flexibility index (Phi) is 5.12. The van der Waals surface area contributed by atoms with Crippen LogP contribution in [0, 0.1) is 5.92 Å². The van der Waals surface area contributed by atoms with Crippen LogP contribution in [-0.4, -0.2) is 29.3 Å². The zero-order chi connectivity index (χ0) is 13.8. The van der Waals surface area contributed by atoms with Crippen molar-refractivity contribution in [3.63, 3.8) is 0 Å². The van der Waals surface area contributed by atoms with Crippen molar-refractivity contribution in [3.8, 4) is 0 Å². The van der Waals surface area contributed by atoms with Gasteiger partial charge in [0.25, 0.3) is 0 Å². The molecule has 1 aliphatic heterocycles. The fraction of sp³-hybridized carbons (Fsp3) is 0.533. The summed E-state index contributed by atoms with van der Waals surface area (Å²) in [5.41, 5.74) is 0.977. The van der Waals surface area contributed by atoms with E-state index < -0.39 is 0 Å². The summed E-state index contributed by atoms with van der Waals surface area (Å²) in [5.74, 6) is 0.722. The standard InChI is InChI=1S/C15H19Cl2NO/c1-11(16)13-5-7-18(8-6-13)15(19)10-12-3-2-4-14(17)9-12/h2-4,9,11,13H,5-8,10H2,1H3. The van der Waals surface area contributed by atoms with E-state index in [9.17, 15) is 4.79 Å². The number of nitrogens with zero attached hydrogens (tertiary/aromatic N) is 1. The number of halogens is 2. The van der Waals surface area contributed by atoms with Gasteiger partial charge in [0.1, 0.15) is 0 Å². The fourth-order valence-corrected chi connectivity index (χ4v) is 3.01. The van der Waals surface area contributed by atoms with E-state index in [4.69, 9.17) is 23.2 Å². The first-order valence-electron chi connectivity index (χ1n) is 6.72. The van der Waals surface area contributed by atoms with Crippen LogP contribution in [0.3, 0.4) is 0 Å². The van der Waals surface area contributed by atoms with E-state index in [0.29, 0.717) is 17.4 Å². The van der Waals surface area contributed by atoms with Crippen molar-refractivity contribution in [2.45, 2.75) is 31.6 Å². The maximum Gasteiger partial charge on any atom is 0.226 e. The van der Waals surface area contributed by atoms with Crippen LogP contribution in [0.4, 0.5) is 0 Å². The maximum absolute atomic E-state index is 12.2. The van der Waals surface area contributed by atoms with Crippen LogP contribution in [0.2, 0.25) is 5.02 Å². The van der Waals surface area contributed by atoms with Crippen molar-refractivity contribution >= 4 is 29.1 Å². The summed E-state index contributed by atoms with van der Waals surface area (Å²) in [7, 11) is 0. The molecule has 0 radical (unpaired) electrons. The zero-order valence-electron chi connectivity index (χ0n) is 11.1. The summed E-state index contributed by atoms with van der Waals surface area (Å²) >= 11 is 12.0. The van der Waals surface area contributed by atoms with Crippen molar-refractivity contribution in [2.24, 2.45) is 5.92 Å². The molecular formula is C15H19Cl2NO. The molecule has 1 saturated heterocycles. The minimum Gasteiger partial charge on any atom is -0.342 e. The highest BCUT2D eigenvalue weighted by Gasteiger charge is 2.25. The summed E-state index contributed by atoms with van der Waals surface area (Å²) in [6.07, 6.45) is 2.44. The monoisotopic (exact) mass is 299 g/mol. The molecule has 0 aromatic heterocycles. The molecule has 104 valence electrons. The molecule has 0 bridgehead atoms. The van der Waals surface area contributed by atoms with Crippen LogP contribution in [-0.2, 0) is 11.2 Å². The Balaban J connectivity index is 1.88. The van der Waals surface area contributed by atoms with Gasteiger partial charge in [0.15, 0.2) is 0 Å². The zero-order valence-corrected chi connectivity index (χ0v) is 12.6. The number of amides is 1. The van der Waals surface area contributed by atoms with E-state index in [0.717, 1.165) is 31.5 Å². The molecule has 19 heavy (non-hydrogen) atoms. The Morgan fingerprint density at radius 3 is 2.68 bits per heavy atom. The van der Waals surface area contributed by atoms with Gasteiger partial charge in [-0.05, 0) is 43.4 Å². The predicted octanol–water partition coefficient (Wildman–Crippen LogP) is 3.75. The number of hydrogen-bond acceptors (Lipinski definition) is 1.